The summed E-state index contributed by atoms with van der Waals surface area (Å²) in [6, 6.07) is 7.97. The fraction of sp³-hybridized carbons (Fsp3) is 0.385. The van der Waals surface area contributed by atoms with E-state index in [9.17, 15) is 0 Å². The summed E-state index contributed by atoms with van der Waals surface area (Å²) in [7, 11) is 0. The van der Waals surface area contributed by atoms with Crippen molar-refractivity contribution < 1.29 is 5.11 Å². The van der Waals surface area contributed by atoms with Crippen molar-refractivity contribution in [1.29, 1.82) is 0 Å². The van der Waals surface area contributed by atoms with Gasteiger partial charge in [0.15, 0.2) is 0 Å². The monoisotopic (exact) mass is 205 g/mol. The van der Waals surface area contributed by atoms with Gasteiger partial charge in [-0.1, -0.05) is 43.3 Å². The zero-order chi connectivity index (χ0) is 11.1. The third-order valence-corrected chi connectivity index (χ3v) is 2.38. The van der Waals surface area contributed by atoms with E-state index in [0.717, 1.165) is 25.1 Å². The predicted molar refractivity (Wildman–Crippen MR) is 63.5 cm³/mol. The Hall–Kier alpha value is -1.12. The molecule has 0 radical (unpaired) electrons. The molecule has 0 aromatic heterocycles. The van der Waals surface area contributed by atoms with Crippen LogP contribution < -0.4 is 5.32 Å². The molecule has 0 bridgehead atoms. The van der Waals surface area contributed by atoms with Gasteiger partial charge in [-0.2, -0.15) is 0 Å². The Kier molecular flexibility index (Phi) is 5.08. The Bertz CT molecular complexity index is 320. The van der Waals surface area contributed by atoms with Crippen LogP contribution in [0.1, 0.15) is 24.5 Å². The van der Waals surface area contributed by atoms with Crippen LogP contribution in [0.15, 0.2) is 36.4 Å². The molecule has 0 aliphatic carbocycles. The summed E-state index contributed by atoms with van der Waals surface area (Å²) in [6.07, 6.45) is 1.02. The first-order chi connectivity index (χ1) is 7.26. The normalized spacial score (nSPS) is 10.3. The summed E-state index contributed by atoms with van der Waals surface area (Å²) < 4.78 is 0. The van der Waals surface area contributed by atoms with Gasteiger partial charge < -0.3 is 10.4 Å². The first-order valence-corrected chi connectivity index (χ1v) is 5.32. The van der Waals surface area contributed by atoms with Crippen LogP contribution >= 0.6 is 0 Å². The molecule has 0 heterocycles. The number of rotatable bonds is 6. The smallest absolute Gasteiger partial charge is 0.0681 e. The van der Waals surface area contributed by atoms with E-state index in [1.807, 2.05) is 18.2 Å². The molecule has 2 heteroatoms. The van der Waals surface area contributed by atoms with Crippen molar-refractivity contribution in [2.45, 2.75) is 26.5 Å². The summed E-state index contributed by atoms with van der Waals surface area (Å²) >= 11 is 0. The molecule has 2 N–H and O–H groups in total. The Labute approximate surface area is 91.6 Å². The summed E-state index contributed by atoms with van der Waals surface area (Å²) in [5, 5.41) is 12.3. The number of aliphatic hydroxyl groups is 1. The second kappa shape index (κ2) is 6.38. The largest absolute Gasteiger partial charge is 0.392 e. The van der Waals surface area contributed by atoms with Crippen LogP contribution in [0.4, 0.5) is 0 Å². The van der Waals surface area contributed by atoms with Crippen LogP contribution in [0.3, 0.4) is 0 Å². The van der Waals surface area contributed by atoms with Crippen molar-refractivity contribution in [3.8, 4) is 0 Å². The molecule has 0 saturated carbocycles. The lowest BCUT2D eigenvalue weighted by molar-refractivity contribution is 0.281. The highest BCUT2D eigenvalue weighted by Crippen LogP contribution is 2.05. The topological polar surface area (TPSA) is 32.3 Å². The number of nitrogens with one attached hydrogen (secondary N) is 1. The van der Waals surface area contributed by atoms with E-state index in [1.54, 1.807) is 0 Å². The van der Waals surface area contributed by atoms with E-state index in [4.69, 9.17) is 5.11 Å². The molecule has 1 aromatic rings. The Morgan fingerprint density at radius 3 is 2.80 bits per heavy atom. The minimum absolute atomic E-state index is 0.107. The summed E-state index contributed by atoms with van der Waals surface area (Å²) in [5.41, 5.74) is 3.38. The molecule has 0 aliphatic heterocycles. The molecule has 0 aliphatic rings. The van der Waals surface area contributed by atoms with Crippen LogP contribution in [0.25, 0.3) is 0 Å². The second-order valence-electron chi connectivity index (χ2n) is 3.69. The van der Waals surface area contributed by atoms with Crippen LogP contribution in [-0.2, 0) is 13.2 Å². The van der Waals surface area contributed by atoms with Gasteiger partial charge in [-0.05, 0) is 17.5 Å². The van der Waals surface area contributed by atoms with E-state index in [1.165, 1.54) is 11.1 Å². The Morgan fingerprint density at radius 2 is 2.13 bits per heavy atom. The summed E-state index contributed by atoms with van der Waals surface area (Å²) in [4.78, 5) is 0. The van der Waals surface area contributed by atoms with Crippen molar-refractivity contribution >= 4 is 0 Å². The molecule has 82 valence electrons. The summed E-state index contributed by atoms with van der Waals surface area (Å²) in [5.74, 6) is 0. The lowest BCUT2D eigenvalue weighted by atomic mass is 10.1. The average Bonchev–Trinajstić information content (AvgIpc) is 2.29. The van der Waals surface area contributed by atoms with Gasteiger partial charge in [0.2, 0.25) is 0 Å². The molecule has 1 aromatic carbocycles. The minimum Gasteiger partial charge on any atom is -0.392 e. The van der Waals surface area contributed by atoms with Gasteiger partial charge in [0.25, 0.3) is 0 Å². The van der Waals surface area contributed by atoms with Crippen molar-refractivity contribution in [3.05, 3.63) is 47.5 Å². The highest BCUT2D eigenvalue weighted by molar-refractivity contribution is 5.22. The molecular weight excluding hydrogens is 186 g/mol. The fourth-order valence-corrected chi connectivity index (χ4v) is 1.35. The van der Waals surface area contributed by atoms with Crippen molar-refractivity contribution in [2.75, 3.05) is 6.54 Å². The molecule has 1 rings (SSSR count). The average molecular weight is 205 g/mol. The summed E-state index contributed by atoms with van der Waals surface area (Å²) in [6.45, 7) is 7.84. The minimum atomic E-state index is 0.107. The zero-order valence-electron chi connectivity index (χ0n) is 9.29. The molecule has 15 heavy (non-hydrogen) atoms. The van der Waals surface area contributed by atoms with Crippen molar-refractivity contribution in [2.24, 2.45) is 0 Å². The molecule has 0 spiro atoms. The van der Waals surface area contributed by atoms with Crippen LogP contribution in [0.2, 0.25) is 0 Å². The Balaban J connectivity index is 2.40. The highest BCUT2D eigenvalue weighted by Gasteiger charge is 1.95. The second-order valence-corrected chi connectivity index (χ2v) is 3.69. The van der Waals surface area contributed by atoms with E-state index >= 15 is 0 Å². The molecule has 0 atom stereocenters. The van der Waals surface area contributed by atoms with Crippen LogP contribution in [-0.4, -0.2) is 11.7 Å². The molecule has 0 saturated heterocycles. The lowest BCUT2D eigenvalue weighted by Crippen LogP contribution is -2.16. The third-order valence-electron chi connectivity index (χ3n) is 2.38. The molecular formula is C13H19NO. The number of benzene rings is 1. The lowest BCUT2D eigenvalue weighted by Gasteiger charge is -2.06. The van der Waals surface area contributed by atoms with E-state index in [-0.39, 0.29) is 6.61 Å². The molecule has 0 unspecified atom stereocenters. The van der Waals surface area contributed by atoms with Crippen LogP contribution in [0.5, 0.6) is 0 Å². The zero-order valence-corrected chi connectivity index (χ0v) is 9.29. The fourth-order valence-electron chi connectivity index (χ4n) is 1.35. The van der Waals surface area contributed by atoms with Gasteiger partial charge in [-0.3, -0.25) is 0 Å². The standard InChI is InChI=1S/C13H19NO/c1-3-11(2)8-14-9-12-5-4-6-13(7-12)10-15/h4-7,14-15H,2-3,8-10H2,1H3. The molecule has 2 nitrogen and oxygen atoms in total. The van der Waals surface area contributed by atoms with Crippen molar-refractivity contribution in [3.63, 3.8) is 0 Å². The van der Waals surface area contributed by atoms with Crippen molar-refractivity contribution in [1.82, 2.24) is 5.32 Å². The van der Waals surface area contributed by atoms with Gasteiger partial charge in [0, 0.05) is 13.1 Å². The van der Waals surface area contributed by atoms with Gasteiger partial charge in [0.1, 0.15) is 0 Å². The third kappa shape index (κ3) is 4.28. The van der Waals surface area contributed by atoms with Gasteiger partial charge in [-0.15, -0.1) is 0 Å². The molecule has 0 fully saturated rings. The number of hydrogen-bond donors (Lipinski definition) is 2. The van der Waals surface area contributed by atoms with E-state index in [0.29, 0.717) is 0 Å². The van der Waals surface area contributed by atoms with Crippen LogP contribution in [0, 0.1) is 0 Å². The van der Waals surface area contributed by atoms with Gasteiger partial charge in [0.05, 0.1) is 6.61 Å². The maximum Gasteiger partial charge on any atom is 0.0681 e. The maximum absolute atomic E-state index is 8.98. The molecule has 0 amide bonds. The predicted octanol–water partition coefficient (Wildman–Crippen LogP) is 2.23. The highest BCUT2D eigenvalue weighted by atomic mass is 16.3. The first-order valence-electron chi connectivity index (χ1n) is 5.32. The SMILES string of the molecule is C=C(CC)CNCc1cccc(CO)c1. The van der Waals surface area contributed by atoms with Gasteiger partial charge >= 0.3 is 0 Å². The van der Waals surface area contributed by atoms with E-state index in [2.05, 4.69) is 24.9 Å². The number of hydrogen-bond acceptors (Lipinski definition) is 2. The Morgan fingerprint density at radius 1 is 1.40 bits per heavy atom. The van der Waals surface area contributed by atoms with E-state index < -0.39 is 0 Å². The number of aliphatic hydroxyl groups excluding tert-OH is 1. The first kappa shape index (κ1) is 12.0. The quantitative estimate of drug-likeness (QED) is 0.698. The maximum atomic E-state index is 8.98. The van der Waals surface area contributed by atoms with Gasteiger partial charge in [-0.25, -0.2) is 0 Å².